The van der Waals surface area contributed by atoms with Crippen LogP contribution in [0.3, 0.4) is 0 Å². The van der Waals surface area contributed by atoms with E-state index >= 15 is 0 Å². The van der Waals surface area contributed by atoms with E-state index < -0.39 is 15.8 Å². The van der Waals surface area contributed by atoms with Gasteiger partial charge in [-0.1, -0.05) is 0 Å². The lowest BCUT2D eigenvalue weighted by Gasteiger charge is -2.12. The third kappa shape index (κ3) is 5.48. The van der Waals surface area contributed by atoms with Crippen LogP contribution >= 0.6 is 0 Å². The summed E-state index contributed by atoms with van der Waals surface area (Å²) in [5.41, 5.74) is 0. The largest absolute Gasteiger partial charge is 0.481 e. The second kappa shape index (κ2) is 6.17. The molecule has 0 bridgehead atoms. The Labute approximate surface area is 107 Å². The number of carbonyl (C=O) groups excluding carboxylic acids is 1. The quantitative estimate of drug-likeness (QED) is 0.721. The van der Waals surface area contributed by atoms with Crippen molar-refractivity contribution in [3.63, 3.8) is 0 Å². The molecule has 7 heteroatoms. The monoisotopic (exact) mass is 277 g/mol. The Morgan fingerprint density at radius 1 is 1.33 bits per heavy atom. The molecule has 1 fully saturated rings. The number of carbonyl (C=O) groups is 2. The van der Waals surface area contributed by atoms with E-state index in [1.807, 2.05) is 0 Å². The van der Waals surface area contributed by atoms with Crippen LogP contribution in [0.25, 0.3) is 0 Å². The van der Waals surface area contributed by atoms with Crippen LogP contribution in [0, 0.1) is 5.92 Å². The SMILES string of the molecule is CS(=O)(=O)CCCC(=O)N[C@H]1CC[C@@H](C(=O)O)C1. The van der Waals surface area contributed by atoms with Crippen molar-refractivity contribution in [2.45, 2.75) is 38.1 Å². The average Bonchev–Trinajstić information content (AvgIpc) is 2.64. The van der Waals surface area contributed by atoms with Gasteiger partial charge >= 0.3 is 5.97 Å². The van der Waals surface area contributed by atoms with Crippen molar-refractivity contribution in [2.75, 3.05) is 12.0 Å². The second-order valence-corrected chi connectivity index (χ2v) is 7.11. The van der Waals surface area contributed by atoms with Crippen molar-refractivity contribution in [3.8, 4) is 0 Å². The van der Waals surface area contributed by atoms with Crippen LogP contribution in [0.5, 0.6) is 0 Å². The van der Waals surface area contributed by atoms with Gasteiger partial charge in [-0.3, -0.25) is 9.59 Å². The topological polar surface area (TPSA) is 101 Å². The van der Waals surface area contributed by atoms with E-state index in [9.17, 15) is 18.0 Å². The maximum atomic E-state index is 11.5. The van der Waals surface area contributed by atoms with Crippen LogP contribution in [-0.4, -0.2) is 43.5 Å². The lowest BCUT2D eigenvalue weighted by Crippen LogP contribution is -2.33. The van der Waals surface area contributed by atoms with Crippen molar-refractivity contribution in [1.82, 2.24) is 5.32 Å². The minimum atomic E-state index is -3.02. The first kappa shape index (κ1) is 14.9. The summed E-state index contributed by atoms with van der Waals surface area (Å²) in [6, 6.07) is -0.0863. The highest BCUT2D eigenvalue weighted by atomic mass is 32.2. The molecule has 6 nitrogen and oxygen atoms in total. The average molecular weight is 277 g/mol. The molecule has 2 N–H and O–H groups in total. The van der Waals surface area contributed by atoms with Crippen LogP contribution in [-0.2, 0) is 19.4 Å². The lowest BCUT2D eigenvalue weighted by molar-refractivity contribution is -0.141. The Morgan fingerprint density at radius 3 is 2.50 bits per heavy atom. The van der Waals surface area contributed by atoms with Crippen LogP contribution in [0.15, 0.2) is 0 Å². The fourth-order valence-electron chi connectivity index (χ4n) is 2.13. The predicted molar refractivity (Wildman–Crippen MR) is 65.9 cm³/mol. The Bertz CT molecular complexity index is 417. The molecular weight excluding hydrogens is 258 g/mol. The number of amides is 1. The van der Waals surface area contributed by atoms with Gasteiger partial charge in [-0.2, -0.15) is 0 Å². The van der Waals surface area contributed by atoms with Gasteiger partial charge in [-0.15, -0.1) is 0 Å². The number of hydrogen-bond acceptors (Lipinski definition) is 4. The zero-order valence-corrected chi connectivity index (χ0v) is 11.2. The van der Waals surface area contributed by atoms with E-state index in [2.05, 4.69) is 5.32 Å². The highest BCUT2D eigenvalue weighted by Gasteiger charge is 2.30. The Kier molecular flexibility index (Phi) is 5.13. The molecular formula is C11H19NO5S. The standard InChI is InChI=1S/C11H19NO5S/c1-18(16,17)6-2-3-10(13)12-9-5-4-8(7-9)11(14)15/h8-9H,2-7H2,1H3,(H,12,13)(H,14,15)/t8-,9+/m1/s1. The summed E-state index contributed by atoms with van der Waals surface area (Å²) in [6.45, 7) is 0. The van der Waals surface area contributed by atoms with Crippen molar-refractivity contribution in [1.29, 1.82) is 0 Å². The van der Waals surface area contributed by atoms with Gasteiger partial charge in [0.1, 0.15) is 9.84 Å². The highest BCUT2D eigenvalue weighted by Crippen LogP contribution is 2.25. The van der Waals surface area contributed by atoms with Crippen molar-refractivity contribution in [2.24, 2.45) is 5.92 Å². The lowest BCUT2D eigenvalue weighted by atomic mass is 10.1. The molecule has 18 heavy (non-hydrogen) atoms. The van der Waals surface area contributed by atoms with Gasteiger partial charge in [0.2, 0.25) is 5.91 Å². The van der Waals surface area contributed by atoms with Crippen LogP contribution in [0.1, 0.15) is 32.1 Å². The molecule has 0 unspecified atom stereocenters. The Morgan fingerprint density at radius 2 is 2.00 bits per heavy atom. The minimum Gasteiger partial charge on any atom is -0.481 e. The first-order valence-corrected chi connectivity index (χ1v) is 8.04. The van der Waals surface area contributed by atoms with Crippen LogP contribution in [0.4, 0.5) is 0 Å². The number of carboxylic acid groups (broad SMARTS) is 1. The summed E-state index contributed by atoms with van der Waals surface area (Å²) in [5.74, 6) is -1.38. The van der Waals surface area contributed by atoms with E-state index in [0.29, 0.717) is 25.7 Å². The first-order valence-electron chi connectivity index (χ1n) is 5.98. The van der Waals surface area contributed by atoms with E-state index in [4.69, 9.17) is 5.11 Å². The molecule has 0 radical (unpaired) electrons. The number of sulfone groups is 1. The van der Waals surface area contributed by atoms with Gasteiger partial charge in [-0.05, 0) is 25.7 Å². The number of hydrogen-bond donors (Lipinski definition) is 2. The summed E-state index contributed by atoms with van der Waals surface area (Å²) in [5, 5.41) is 11.6. The Hall–Kier alpha value is -1.11. The van der Waals surface area contributed by atoms with Crippen molar-refractivity contribution in [3.05, 3.63) is 0 Å². The molecule has 0 aromatic rings. The van der Waals surface area contributed by atoms with Crippen LogP contribution in [0.2, 0.25) is 0 Å². The van der Waals surface area contributed by atoms with Crippen LogP contribution < -0.4 is 5.32 Å². The number of rotatable bonds is 6. The van der Waals surface area contributed by atoms with E-state index in [1.165, 1.54) is 0 Å². The molecule has 104 valence electrons. The van der Waals surface area contributed by atoms with Gasteiger partial charge in [0.15, 0.2) is 0 Å². The summed E-state index contributed by atoms with van der Waals surface area (Å²) < 4.78 is 21.8. The van der Waals surface area contributed by atoms with Gasteiger partial charge in [0, 0.05) is 18.7 Å². The smallest absolute Gasteiger partial charge is 0.306 e. The van der Waals surface area contributed by atoms with Gasteiger partial charge < -0.3 is 10.4 Å². The molecule has 0 heterocycles. The molecule has 1 saturated carbocycles. The zero-order valence-electron chi connectivity index (χ0n) is 10.4. The van der Waals surface area contributed by atoms with E-state index in [1.54, 1.807) is 0 Å². The molecule has 0 aromatic heterocycles. The number of carboxylic acids is 1. The van der Waals surface area contributed by atoms with Gasteiger partial charge in [0.25, 0.3) is 0 Å². The Balaban J connectivity index is 2.23. The molecule has 0 spiro atoms. The third-order valence-corrected chi connectivity index (χ3v) is 4.10. The van der Waals surface area contributed by atoms with Crippen molar-refractivity contribution >= 4 is 21.7 Å². The molecule has 0 saturated heterocycles. The molecule has 2 atom stereocenters. The second-order valence-electron chi connectivity index (χ2n) is 4.85. The summed E-state index contributed by atoms with van der Waals surface area (Å²) >= 11 is 0. The maximum Gasteiger partial charge on any atom is 0.306 e. The summed E-state index contributed by atoms with van der Waals surface area (Å²) in [7, 11) is -3.02. The molecule has 0 aromatic carbocycles. The maximum absolute atomic E-state index is 11.5. The normalized spacial score (nSPS) is 23.8. The van der Waals surface area contributed by atoms with Gasteiger partial charge in [-0.25, -0.2) is 8.42 Å². The fourth-order valence-corrected chi connectivity index (χ4v) is 2.80. The molecule has 1 aliphatic carbocycles. The number of nitrogens with one attached hydrogen (secondary N) is 1. The molecule has 0 aliphatic heterocycles. The zero-order chi connectivity index (χ0) is 13.8. The third-order valence-electron chi connectivity index (χ3n) is 3.07. The van der Waals surface area contributed by atoms with E-state index in [-0.39, 0.29) is 30.0 Å². The molecule has 1 amide bonds. The highest BCUT2D eigenvalue weighted by molar-refractivity contribution is 7.90. The minimum absolute atomic E-state index is 0.00282. The predicted octanol–water partition coefficient (Wildman–Crippen LogP) is 0.181. The fraction of sp³-hybridized carbons (Fsp3) is 0.818. The summed E-state index contributed by atoms with van der Waals surface area (Å²) in [6.07, 6.45) is 3.34. The van der Waals surface area contributed by atoms with Gasteiger partial charge in [0.05, 0.1) is 11.7 Å². The first-order chi connectivity index (χ1) is 8.28. The molecule has 1 rings (SSSR count). The number of aliphatic carboxylic acids is 1. The summed E-state index contributed by atoms with van der Waals surface area (Å²) in [4.78, 5) is 22.2. The molecule has 1 aliphatic rings. The van der Waals surface area contributed by atoms with Crippen molar-refractivity contribution < 1.29 is 23.1 Å². The van der Waals surface area contributed by atoms with E-state index in [0.717, 1.165) is 6.26 Å².